The molecule has 0 radical (unpaired) electrons. The third-order valence-electron chi connectivity index (χ3n) is 3.68. The summed E-state index contributed by atoms with van der Waals surface area (Å²) in [4.78, 5) is 25.7. The molecule has 6 nitrogen and oxygen atoms in total. The molecule has 2 amide bonds. The summed E-state index contributed by atoms with van der Waals surface area (Å²) in [7, 11) is 0. The second kappa shape index (κ2) is 9.11. The van der Waals surface area contributed by atoms with Crippen LogP contribution in [0.15, 0.2) is 18.2 Å². The number of benzene rings is 1. The van der Waals surface area contributed by atoms with Crippen LogP contribution in [0.5, 0.6) is 0 Å². The zero-order valence-corrected chi connectivity index (χ0v) is 15.0. The number of amides is 2. The number of piperidine rings is 1. The Hall–Kier alpha value is -1.50. The maximum Gasteiger partial charge on any atom is 0.407 e. The maximum atomic E-state index is 12.2. The number of rotatable bonds is 5. The molecule has 2 N–H and O–H groups in total. The second-order valence-electron chi connectivity index (χ2n) is 5.61. The van der Waals surface area contributed by atoms with Gasteiger partial charge in [-0.1, -0.05) is 23.2 Å². The first-order valence-corrected chi connectivity index (χ1v) is 8.64. The minimum atomic E-state index is -0.415. The van der Waals surface area contributed by atoms with Crippen molar-refractivity contribution in [1.29, 1.82) is 0 Å². The number of anilines is 1. The number of hydrogen-bond acceptors (Lipinski definition) is 4. The normalized spacial score (nSPS) is 18.0. The van der Waals surface area contributed by atoms with E-state index in [1.807, 2.05) is 4.90 Å². The minimum Gasteiger partial charge on any atom is -0.450 e. The third kappa shape index (κ3) is 5.85. The van der Waals surface area contributed by atoms with Gasteiger partial charge < -0.3 is 15.4 Å². The Balaban J connectivity index is 1.83. The molecular formula is C16H21Cl2N3O3. The van der Waals surface area contributed by atoms with Crippen molar-refractivity contribution in [2.24, 2.45) is 0 Å². The average molecular weight is 374 g/mol. The van der Waals surface area contributed by atoms with E-state index in [-0.39, 0.29) is 18.5 Å². The van der Waals surface area contributed by atoms with Gasteiger partial charge in [0, 0.05) is 17.6 Å². The fraction of sp³-hybridized carbons (Fsp3) is 0.500. The van der Waals surface area contributed by atoms with Gasteiger partial charge in [-0.05, 0) is 44.5 Å². The Morgan fingerprint density at radius 2 is 2.17 bits per heavy atom. The van der Waals surface area contributed by atoms with E-state index in [9.17, 15) is 9.59 Å². The number of nitrogens with one attached hydrogen (secondary N) is 2. The molecule has 1 fully saturated rings. The summed E-state index contributed by atoms with van der Waals surface area (Å²) < 4.78 is 4.89. The van der Waals surface area contributed by atoms with E-state index in [4.69, 9.17) is 27.9 Å². The summed E-state index contributed by atoms with van der Waals surface area (Å²) in [6, 6.07) is 4.91. The van der Waals surface area contributed by atoms with Gasteiger partial charge in [0.15, 0.2) is 0 Å². The summed E-state index contributed by atoms with van der Waals surface area (Å²) in [6.45, 7) is 3.76. The number of carbonyl (C=O) groups is 2. The fourth-order valence-electron chi connectivity index (χ4n) is 2.64. The van der Waals surface area contributed by atoms with Crippen molar-refractivity contribution in [3.63, 3.8) is 0 Å². The summed E-state index contributed by atoms with van der Waals surface area (Å²) in [5, 5.41) is 6.51. The van der Waals surface area contributed by atoms with E-state index < -0.39 is 6.09 Å². The zero-order chi connectivity index (χ0) is 17.5. The Kier molecular flexibility index (Phi) is 7.15. The maximum absolute atomic E-state index is 12.2. The molecule has 8 heteroatoms. The lowest BCUT2D eigenvalue weighted by Gasteiger charge is -2.32. The van der Waals surface area contributed by atoms with Crippen molar-refractivity contribution in [3.8, 4) is 0 Å². The molecule has 0 saturated carbocycles. The zero-order valence-electron chi connectivity index (χ0n) is 13.5. The molecule has 1 atom stereocenters. The van der Waals surface area contributed by atoms with Gasteiger partial charge >= 0.3 is 6.09 Å². The number of halogens is 2. The SMILES string of the molecule is CCOC(=O)NC1CCCN(CC(=O)Nc2ccc(Cl)cc2Cl)C1. The largest absolute Gasteiger partial charge is 0.450 e. The van der Waals surface area contributed by atoms with Gasteiger partial charge in [0.05, 0.1) is 23.9 Å². The van der Waals surface area contributed by atoms with E-state index in [0.29, 0.717) is 28.9 Å². The predicted molar refractivity (Wildman–Crippen MR) is 94.7 cm³/mol. The molecule has 1 saturated heterocycles. The fourth-order valence-corrected chi connectivity index (χ4v) is 3.10. The minimum absolute atomic E-state index is 0.00952. The molecule has 1 aliphatic heterocycles. The molecule has 0 spiro atoms. The first-order valence-electron chi connectivity index (χ1n) is 7.88. The predicted octanol–water partition coefficient (Wildman–Crippen LogP) is 3.14. The van der Waals surface area contributed by atoms with E-state index in [2.05, 4.69) is 10.6 Å². The molecule has 0 aromatic heterocycles. The molecule has 0 aliphatic carbocycles. The quantitative estimate of drug-likeness (QED) is 0.831. The molecule has 1 aromatic carbocycles. The van der Waals surface area contributed by atoms with Crippen molar-refractivity contribution in [2.45, 2.75) is 25.8 Å². The van der Waals surface area contributed by atoms with Crippen molar-refractivity contribution in [1.82, 2.24) is 10.2 Å². The summed E-state index contributed by atoms with van der Waals surface area (Å²) >= 11 is 11.9. The van der Waals surface area contributed by atoms with Gasteiger partial charge in [-0.25, -0.2) is 4.79 Å². The molecule has 24 heavy (non-hydrogen) atoms. The summed E-state index contributed by atoms with van der Waals surface area (Å²) in [6.07, 6.45) is 1.37. The molecule has 1 unspecified atom stereocenters. The van der Waals surface area contributed by atoms with Gasteiger partial charge in [-0.3, -0.25) is 9.69 Å². The lowest BCUT2D eigenvalue weighted by Crippen LogP contribution is -2.49. The first-order chi connectivity index (χ1) is 11.5. The van der Waals surface area contributed by atoms with Gasteiger partial charge in [-0.15, -0.1) is 0 Å². The highest BCUT2D eigenvalue weighted by Gasteiger charge is 2.23. The Morgan fingerprint density at radius 1 is 1.38 bits per heavy atom. The van der Waals surface area contributed by atoms with E-state index in [1.165, 1.54) is 0 Å². The monoisotopic (exact) mass is 373 g/mol. The van der Waals surface area contributed by atoms with Crippen molar-refractivity contribution >= 4 is 40.9 Å². The van der Waals surface area contributed by atoms with Gasteiger partial charge in [0.1, 0.15) is 0 Å². The molecule has 0 bridgehead atoms. The summed E-state index contributed by atoms with van der Waals surface area (Å²) in [5.41, 5.74) is 0.532. The van der Waals surface area contributed by atoms with Crippen LogP contribution >= 0.6 is 23.2 Å². The van der Waals surface area contributed by atoms with Crippen molar-refractivity contribution in [3.05, 3.63) is 28.2 Å². The number of carbonyl (C=O) groups excluding carboxylic acids is 2. The van der Waals surface area contributed by atoms with Crippen LogP contribution in [0, 0.1) is 0 Å². The number of alkyl carbamates (subject to hydrolysis) is 1. The van der Waals surface area contributed by atoms with Crippen LogP contribution in [0.3, 0.4) is 0 Å². The molecule has 2 rings (SSSR count). The van der Waals surface area contributed by atoms with Gasteiger partial charge in [-0.2, -0.15) is 0 Å². The van der Waals surface area contributed by atoms with Crippen LogP contribution in [0.25, 0.3) is 0 Å². The third-order valence-corrected chi connectivity index (χ3v) is 4.22. The van der Waals surface area contributed by atoms with Crippen LogP contribution in [-0.4, -0.2) is 49.2 Å². The number of nitrogens with zero attached hydrogens (tertiary/aromatic N) is 1. The summed E-state index contributed by atoms with van der Waals surface area (Å²) in [5.74, 6) is -0.156. The smallest absolute Gasteiger partial charge is 0.407 e. The molecule has 132 valence electrons. The molecular weight excluding hydrogens is 353 g/mol. The number of hydrogen-bond donors (Lipinski definition) is 2. The average Bonchev–Trinajstić information content (AvgIpc) is 2.50. The molecule has 1 aromatic rings. The van der Waals surface area contributed by atoms with Gasteiger partial charge in [0.2, 0.25) is 5.91 Å². The number of ether oxygens (including phenoxy) is 1. The second-order valence-corrected chi connectivity index (χ2v) is 6.46. The molecule has 1 aliphatic rings. The van der Waals surface area contributed by atoms with E-state index >= 15 is 0 Å². The van der Waals surface area contributed by atoms with Crippen LogP contribution in [0.2, 0.25) is 10.0 Å². The lowest BCUT2D eigenvalue weighted by atomic mass is 10.1. The molecule has 1 heterocycles. The topological polar surface area (TPSA) is 70.7 Å². The first kappa shape index (κ1) is 18.8. The van der Waals surface area contributed by atoms with Crippen molar-refractivity contribution in [2.75, 3.05) is 31.6 Å². The van der Waals surface area contributed by atoms with Crippen LogP contribution in [-0.2, 0) is 9.53 Å². The van der Waals surface area contributed by atoms with E-state index in [0.717, 1.165) is 19.4 Å². The van der Waals surface area contributed by atoms with Crippen LogP contribution in [0.1, 0.15) is 19.8 Å². The highest BCUT2D eigenvalue weighted by atomic mass is 35.5. The lowest BCUT2D eigenvalue weighted by molar-refractivity contribution is -0.117. The highest BCUT2D eigenvalue weighted by Crippen LogP contribution is 2.25. The highest BCUT2D eigenvalue weighted by molar-refractivity contribution is 6.36. The Morgan fingerprint density at radius 3 is 2.88 bits per heavy atom. The van der Waals surface area contributed by atoms with Gasteiger partial charge in [0.25, 0.3) is 0 Å². The van der Waals surface area contributed by atoms with Crippen LogP contribution < -0.4 is 10.6 Å². The standard InChI is InChI=1S/C16H21Cl2N3O3/c1-2-24-16(23)19-12-4-3-7-21(9-12)10-15(22)20-14-6-5-11(17)8-13(14)18/h5-6,8,12H,2-4,7,9-10H2,1H3,(H,19,23)(H,20,22). The van der Waals surface area contributed by atoms with Crippen LogP contribution in [0.4, 0.5) is 10.5 Å². The number of likely N-dealkylation sites (tertiary alicyclic amines) is 1. The van der Waals surface area contributed by atoms with E-state index in [1.54, 1.807) is 25.1 Å². The Labute approximate surface area is 151 Å². The Bertz CT molecular complexity index is 598. The van der Waals surface area contributed by atoms with Crippen molar-refractivity contribution < 1.29 is 14.3 Å².